The van der Waals surface area contributed by atoms with Crippen molar-refractivity contribution in [2.24, 2.45) is 0 Å². The minimum absolute atomic E-state index is 0.168. The highest BCUT2D eigenvalue weighted by Crippen LogP contribution is 2.16. The van der Waals surface area contributed by atoms with E-state index in [9.17, 15) is 9.59 Å². The van der Waals surface area contributed by atoms with E-state index in [1.54, 1.807) is 24.3 Å². The summed E-state index contributed by atoms with van der Waals surface area (Å²) in [7, 11) is 0. The molecule has 0 aromatic heterocycles. The molecule has 0 atom stereocenters. The minimum Gasteiger partial charge on any atom is -0.480 e. The largest absolute Gasteiger partial charge is 0.480 e. The van der Waals surface area contributed by atoms with Gasteiger partial charge in [0.15, 0.2) is 0 Å². The Balaban J connectivity index is 2.82. The SMILES string of the molecule is CC(C)(C)N(CC(=O)O)C(=O)Cc1ccc(Cl)cc1. The molecule has 4 nitrogen and oxygen atoms in total. The Morgan fingerprint density at radius 3 is 2.16 bits per heavy atom. The summed E-state index contributed by atoms with van der Waals surface area (Å²) in [6.07, 6.45) is 0.168. The molecule has 0 bridgehead atoms. The van der Waals surface area contributed by atoms with Crippen LogP contribution in [-0.2, 0) is 16.0 Å². The molecule has 0 aliphatic carbocycles. The average molecular weight is 284 g/mol. The van der Waals surface area contributed by atoms with Gasteiger partial charge in [-0.1, -0.05) is 23.7 Å². The normalized spacial score (nSPS) is 11.2. The number of carbonyl (C=O) groups excluding carboxylic acids is 1. The fourth-order valence-corrected chi connectivity index (χ4v) is 1.83. The fraction of sp³-hybridized carbons (Fsp3) is 0.429. The second-order valence-corrected chi connectivity index (χ2v) is 5.78. The molecular weight excluding hydrogens is 266 g/mol. The van der Waals surface area contributed by atoms with Gasteiger partial charge in [0.1, 0.15) is 6.54 Å². The lowest BCUT2D eigenvalue weighted by atomic mass is 10.0. The van der Waals surface area contributed by atoms with E-state index in [0.717, 1.165) is 5.56 Å². The third kappa shape index (κ3) is 4.91. The first kappa shape index (κ1) is 15.5. The van der Waals surface area contributed by atoms with Gasteiger partial charge in [-0.3, -0.25) is 9.59 Å². The molecule has 1 rings (SSSR count). The van der Waals surface area contributed by atoms with Crippen LogP contribution in [-0.4, -0.2) is 34.0 Å². The van der Waals surface area contributed by atoms with Gasteiger partial charge in [-0.05, 0) is 38.5 Å². The number of rotatable bonds is 4. The Labute approximate surface area is 118 Å². The van der Waals surface area contributed by atoms with Crippen LogP contribution in [0.3, 0.4) is 0 Å². The zero-order valence-electron chi connectivity index (χ0n) is 11.3. The van der Waals surface area contributed by atoms with E-state index >= 15 is 0 Å². The number of halogens is 1. The van der Waals surface area contributed by atoms with Gasteiger partial charge < -0.3 is 10.0 Å². The maximum Gasteiger partial charge on any atom is 0.323 e. The Morgan fingerprint density at radius 2 is 1.74 bits per heavy atom. The Bertz CT molecular complexity index is 463. The van der Waals surface area contributed by atoms with Crippen LogP contribution in [0.25, 0.3) is 0 Å². The molecule has 0 heterocycles. The molecule has 104 valence electrons. The summed E-state index contributed by atoms with van der Waals surface area (Å²) >= 11 is 5.78. The number of carboxylic acids is 1. The molecule has 0 saturated heterocycles. The summed E-state index contributed by atoms with van der Waals surface area (Å²) < 4.78 is 0. The number of amides is 1. The van der Waals surface area contributed by atoms with Crippen molar-refractivity contribution in [2.45, 2.75) is 32.7 Å². The Hall–Kier alpha value is -1.55. The van der Waals surface area contributed by atoms with Gasteiger partial charge in [-0.2, -0.15) is 0 Å². The maximum atomic E-state index is 12.2. The van der Waals surface area contributed by atoms with Crippen LogP contribution in [0.1, 0.15) is 26.3 Å². The van der Waals surface area contributed by atoms with Crippen LogP contribution in [0.4, 0.5) is 0 Å². The number of hydrogen-bond donors (Lipinski definition) is 1. The van der Waals surface area contributed by atoms with Gasteiger partial charge in [0.25, 0.3) is 0 Å². The van der Waals surface area contributed by atoms with Gasteiger partial charge in [-0.25, -0.2) is 0 Å². The maximum absolute atomic E-state index is 12.2. The highest BCUT2D eigenvalue weighted by atomic mass is 35.5. The molecule has 1 amide bonds. The van der Waals surface area contributed by atoms with E-state index in [0.29, 0.717) is 5.02 Å². The molecule has 0 aliphatic heterocycles. The van der Waals surface area contributed by atoms with E-state index in [4.69, 9.17) is 16.7 Å². The van der Waals surface area contributed by atoms with Crippen LogP contribution >= 0.6 is 11.6 Å². The standard InChI is InChI=1S/C14H18ClNO3/c1-14(2,3)16(9-13(18)19)12(17)8-10-4-6-11(15)7-5-10/h4-7H,8-9H2,1-3H3,(H,18,19). The van der Waals surface area contributed by atoms with Crippen molar-refractivity contribution in [1.82, 2.24) is 4.90 Å². The van der Waals surface area contributed by atoms with Crippen LogP contribution in [0.2, 0.25) is 5.02 Å². The molecule has 0 unspecified atom stereocenters. The number of carboxylic acid groups (broad SMARTS) is 1. The van der Waals surface area contributed by atoms with E-state index in [1.807, 2.05) is 20.8 Å². The molecule has 5 heteroatoms. The molecule has 0 radical (unpaired) electrons. The summed E-state index contributed by atoms with van der Waals surface area (Å²) in [6.45, 7) is 5.15. The number of aliphatic carboxylic acids is 1. The minimum atomic E-state index is -1.01. The van der Waals surface area contributed by atoms with Crippen molar-refractivity contribution < 1.29 is 14.7 Å². The molecule has 0 fully saturated rings. The lowest BCUT2D eigenvalue weighted by Crippen LogP contribution is -2.48. The second-order valence-electron chi connectivity index (χ2n) is 5.35. The lowest BCUT2D eigenvalue weighted by Gasteiger charge is -2.34. The third-order valence-electron chi connectivity index (χ3n) is 2.67. The van der Waals surface area contributed by atoms with Crippen molar-refractivity contribution >= 4 is 23.5 Å². The van der Waals surface area contributed by atoms with Crippen LogP contribution in [0.15, 0.2) is 24.3 Å². The second kappa shape index (κ2) is 6.06. The summed E-state index contributed by atoms with van der Waals surface area (Å²) in [5.41, 5.74) is 0.288. The summed E-state index contributed by atoms with van der Waals surface area (Å²) in [6, 6.07) is 6.95. The molecule has 1 N–H and O–H groups in total. The molecule has 19 heavy (non-hydrogen) atoms. The third-order valence-corrected chi connectivity index (χ3v) is 2.92. The van der Waals surface area contributed by atoms with Crippen LogP contribution < -0.4 is 0 Å². The first-order valence-corrected chi connectivity index (χ1v) is 6.34. The summed E-state index contributed by atoms with van der Waals surface area (Å²) in [5, 5.41) is 9.49. The Morgan fingerprint density at radius 1 is 1.21 bits per heavy atom. The zero-order chi connectivity index (χ0) is 14.6. The fourth-order valence-electron chi connectivity index (χ4n) is 1.71. The summed E-state index contributed by atoms with van der Waals surface area (Å²) in [4.78, 5) is 24.4. The van der Waals surface area contributed by atoms with Gasteiger partial charge in [0.05, 0.1) is 6.42 Å². The van der Waals surface area contributed by atoms with Crippen LogP contribution in [0.5, 0.6) is 0 Å². The van der Waals surface area contributed by atoms with Gasteiger partial charge in [0, 0.05) is 10.6 Å². The average Bonchev–Trinajstić information content (AvgIpc) is 2.27. The van der Waals surface area contributed by atoms with E-state index in [2.05, 4.69) is 0 Å². The van der Waals surface area contributed by atoms with Crippen molar-refractivity contribution in [1.29, 1.82) is 0 Å². The molecular formula is C14H18ClNO3. The van der Waals surface area contributed by atoms with Crippen LogP contribution in [0, 0.1) is 0 Å². The number of benzene rings is 1. The predicted molar refractivity (Wildman–Crippen MR) is 74.3 cm³/mol. The van der Waals surface area contributed by atoms with Crippen molar-refractivity contribution in [2.75, 3.05) is 6.54 Å². The summed E-state index contributed by atoms with van der Waals surface area (Å²) in [5.74, 6) is -1.23. The van der Waals surface area contributed by atoms with E-state index in [1.165, 1.54) is 4.90 Å². The molecule has 0 spiro atoms. The number of hydrogen-bond acceptors (Lipinski definition) is 2. The molecule has 0 aliphatic rings. The highest BCUT2D eigenvalue weighted by Gasteiger charge is 2.28. The first-order valence-electron chi connectivity index (χ1n) is 5.97. The smallest absolute Gasteiger partial charge is 0.323 e. The predicted octanol–water partition coefficient (Wildman–Crippen LogP) is 2.59. The van der Waals surface area contributed by atoms with Crippen molar-refractivity contribution in [3.63, 3.8) is 0 Å². The molecule has 1 aromatic rings. The Kier molecular flexibility index (Phi) is 4.95. The van der Waals surface area contributed by atoms with Crippen molar-refractivity contribution in [3.05, 3.63) is 34.9 Å². The topological polar surface area (TPSA) is 57.6 Å². The van der Waals surface area contributed by atoms with E-state index < -0.39 is 11.5 Å². The number of nitrogens with zero attached hydrogens (tertiary/aromatic N) is 1. The van der Waals surface area contributed by atoms with Gasteiger partial charge in [0.2, 0.25) is 5.91 Å². The quantitative estimate of drug-likeness (QED) is 0.924. The number of carbonyl (C=O) groups is 2. The van der Waals surface area contributed by atoms with Crippen molar-refractivity contribution in [3.8, 4) is 0 Å². The molecule has 0 saturated carbocycles. The lowest BCUT2D eigenvalue weighted by molar-refractivity contribution is -0.147. The van der Waals surface area contributed by atoms with Gasteiger partial charge in [-0.15, -0.1) is 0 Å². The zero-order valence-corrected chi connectivity index (χ0v) is 12.1. The van der Waals surface area contributed by atoms with Gasteiger partial charge >= 0.3 is 5.97 Å². The molecule has 1 aromatic carbocycles. The highest BCUT2D eigenvalue weighted by molar-refractivity contribution is 6.30. The van der Waals surface area contributed by atoms with E-state index in [-0.39, 0.29) is 18.9 Å². The first-order chi connectivity index (χ1) is 8.70. The monoisotopic (exact) mass is 283 g/mol.